The van der Waals surface area contributed by atoms with Gasteiger partial charge in [0.2, 0.25) is 0 Å². The second kappa shape index (κ2) is 5.67. The number of nitrogens with one attached hydrogen (secondary N) is 1. The highest BCUT2D eigenvalue weighted by atomic mass is 16.5. The first kappa shape index (κ1) is 14.2. The maximum Gasteiger partial charge on any atom is 0.397 e. The lowest BCUT2D eigenvalue weighted by Crippen LogP contribution is -2.26. The number of rotatable bonds is 2. The fourth-order valence-corrected chi connectivity index (χ4v) is 1.77. The molecule has 0 fully saturated rings. The first-order valence-corrected chi connectivity index (χ1v) is 5.94. The van der Waals surface area contributed by atoms with Gasteiger partial charge in [-0.3, -0.25) is 4.79 Å². The Balaban J connectivity index is 3.05. The van der Waals surface area contributed by atoms with Gasteiger partial charge in [0.25, 0.3) is 0 Å². The minimum Gasteiger partial charge on any atom is -0.459 e. The van der Waals surface area contributed by atoms with Gasteiger partial charge >= 0.3 is 11.9 Å². The van der Waals surface area contributed by atoms with Crippen LogP contribution in [0.15, 0.2) is 6.07 Å². The number of hydrogen-bond acceptors (Lipinski definition) is 3. The zero-order valence-electron chi connectivity index (χ0n) is 11.5. The predicted octanol–water partition coefficient (Wildman–Crippen LogP) is 2.42. The number of carbonyl (C=O) groups excluding carboxylic acids is 2. The van der Waals surface area contributed by atoms with Crippen LogP contribution in [0.2, 0.25) is 0 Å². The standard InChI is InChI=1S/C14H19NO3/c1-6-18-14(17)13(16)15-12-10(4)8(2)7-9(3)11(12)5/h7H,6H2,1-5H3,(H,15,16). The van der Waals surface area contributed by atoms with Gasteiger partial charge in [0.1, 0.15) is 0 Å². The Morgan fingerprint density at radius 2 is 1.61 bits per heavy atom. The minimum atomic E-state index is -0.851. The zero-order valence-corrected chi connectivity index (χ0v) is 11.5. The van der Waals surface area contributed by atoms with Crippen LogP contribution in [0.1, 0.15) is 29.2 Å². The molecular formula is C14H19NO3. The lowest BCUT2D eigenvalue weighted by Gasteiger charge is -2.15. The molecule has 4 heteroatoms. The Kier molecular flexibility index (Phi) is 4.48. The summed E-state index contributed by atoms with van der Waals surface area (Å²) in [6, 6.07) is 2.06. The van der Waals surface area contributed by atoms with E-state index in [2.05, 4.69) is 16.1 Å². The van der Waals surface area contributed by atoms with Crippen LogP contribution in [0, 0.1) is 27.7 Å². The molecule has 18 heavy (non-hydrogen) atoms. The van der Waals surface area contributed by atoms with Crippen LogP contribution in [-0.4, -0.2) is 18.5 Å². The number of hydrogen-bond donors (Lipinski definition) is 1. The Labute approximate surface area is 107 Å². The molecule has 1 aromatic rings. The van der Waals surface area contributed by atoms with Crippen molar-refractivity contribution in [3.8, 4) is 0 Å². The molecule has 0 bridgehead atoms. The van der Waals surface area contributed by atoms with Crippen molar-refractivity contribution >= 4 is 17.6 Å². The minimum absolute atomic E-state index is 0.192. The Hall–Kier alpha value is -1.84. The van der Waals surface area contributed by atoms with Gasteiger partial charge in [-0.05, 0) is 56.9 Å². The summed E-state index contributed by atoms with van der Waals surface area (Å²) in [4.78, 5) is 22.9. The lowest BCUT2D eigenvalue weighted by atomic mass is 9.99. The highest BCUT2D eigenvalue weighted by Gasteiger charge is 2.18. The number of anilines is 1. The van der Waals surface area contributed by atoms with Crippen molar-refractivity contribution in [2.45, 2.75) is 34.6 Å². The Bertz CT molecular complexity index is 466. The van der Waals surface area contributed by atoms with E-state index in [1.807, 2.05) is 27.7 Å². The smallest absolute Gasteiger partial charge is 0.397 e. The number of carbonyl (C=O) groups is 2. The fraction of sp³-hybridized carbons (Fsp3) is 0.429. The van der Waals surface area contributed by atoms with Crippen molar-refractivity contribution < 1.29 is 14.3 Å². The van der Waals surface area contributed by atoms with Crippen molar-refractivity contribution in [3.05, 3.63) is 28.3 Å². The molecule has 0 saturated heterocycles. The molecule has 0 aliphatic carbocycles. The van der Waals surface area contributed by atoms with Gasteiger partial charge in [0.15, 0.2) is 0 Å². The van der Waals surface area contributed by atoms with Gasteiger partial charge in [-0.1, -0.05) is 6.07 Å². The summed E-state index contributed by atoms with van der Waals surface area (Å²) >= 11 is 0. The number of amides is 1. The van der Waals surface area contributed by atoms with Gasteiger partial charge in [-0.15, -0.1) is 0 Å². The average molecular weight is 249 g/mol. The molecule has 98 valence electrons. The van der Waals surface area contributed by atoms with E-state index in [1.54, 1.807) is 6.92 Å². The van der Waals surface area contributed by atoms with Crippen LogP contribution in [-0.2, 0) is 14.3 Å². The first-order valence-electron chi connectivity index (χ1n) is 5.94. The summed E-state index contributed by atoms with van der Waals surface area (Å²) in [5.74, 6) is -1.58. The summed E-state index contributed by atoms with van der Waals surface area (Å²) in [6.45, 7) is 9.64. The van der Waals surface area contributed by atoms with E-state index < -0.39 is 11.9 Å². The molecule has 0 spiro atoms. The molecule has 4 nitrogen and oxygen atoms in total. The monoisotopic (exact) mass is 249 g/mol. The molecule has 1 aromatic carbocycles. The topological polar surface area (TPSA) is 55.4 Å². The third-order valence-corrected chi connectivity index (χ3v) is 3.07. The van der Waals surface area contributed by atoms with Crippen LogP contribution < -0.4 is 5.32 Å². The third-order valence-electron chi connectivity index (χ3n) is 3.07. The predicted molar refractivity (Wildman–Crippen MR) is 70.7 cm³/mol. The van der Waals surface area contributed by atoms with Crippen molar-refractivity contribution in [1.82, 2.24) is 0 Å². The summed E-state index contributed by atoms with van der Waals surface area (Å²) in [5.41, 5.74) is 4.80. The molecule has 0 atom stereocenters. The maximum absolute atomic E-state index is 11.6. The number of benzene rings is 1. The summed E-state index contributed by atoms with van der Waals surface area (Å²) < 4.78 is 4.67. The van der Waals surface area contributed by atoms with Gasteiger partial charge in [-0.2, -0.15) is 0 Å². The van der Waals surface area contributed by atoms with Crippen LogP contribution in [0.3, 0.4) is 0 Å². The SMILES string of the molecule is CCOC(=O)C(=O)Nc1c(C)c(C)cc(C)c1C. The quantitative estimate of drug-likeness (QED) is 0.647. The largest absolute Gasteiger partial charge is 0.459 e. The summed E-state index contributed by atoms with van der Waals surface area (Å²) in [7, 11) is 0. The molecular weight excluding hydrogens is 230 g/mol. The second-order valence-electron chi connectivity index (χ2n) is 4.31. The molecule has 0 heterocycles. The van der Waals surface area contributed by atoms with Crippen molar-refractivity contribution in [2.75, 3.05) is 11.9 Å². The van der Waals surface area contributed by atoms with Gasteiger partial charge in [0, 0.05) is 5.69 Å². The van der Waals surface area contributed by atoms with Gasteiger partial charge in [-0.25, -0.2) is 4.79 Å². The maximum atomic E-state index is 11.6. The number of ether oxygens (including phenoxy) is 1. The van der Waals surface area contributed by atoms with E-state index in [0.29, 0.717) is 5.69 Å². The molecule has 1 N–H and O–H groups in total. The fourth-order valence-electron chi connectivity index (χ4n) is 1.77. The molecule has 1 amide bonds. The van der Waals surface area contributed by atoms with E-state index in [0.717, 1.165) is 22.3 Å². The van der Waals surface area contributed by atoms with Crippen LogP contribution >= 0.6 is 0 Å². The van der Waals surface area contributed by atoms with E-state index >= 15 is 0 Å². The molecule has 0 saturated carbocycles. The van der Waals surface area contributed by atoms with E-state index in [1.165, 1.54) is 0 Å². The Morgan fingerprint density at radius 3 is 2.06 bits per heavy atom. The van der Waals surface area contributed by atoms with Crippen LogP contribution in [0.5, 0.6) is 0 Å². The third kappa shape index (κ3) is 2.88. The summed E-state index contributed by atoms with van der Waals surface area (Å²) in [5, 5.41) is 2.63. The van der Waals surface area contributed by atoms with E-state index in [4.69, 9.17) is 0 Å². The van der Waals surface area contributed by atoms with Crippen LogP contribution in [0.4, 0.5) is 5.69 Å². The van der Waals surface area contributed by atoms with Crippen molar-refractivity contribution in [3.63, 3.8) is 0 Å². The average Bonchev–Trinajstić information content (AvgIpc) is 2.32. The lowest BCUT2D eigenvalue weighted by molar-refractivity contribution is -0.152. The van der Waals surface area contributed by atoms with Crippen molar-refractivity contribution in [1.29, 1.82) is 0 Å². The molecule has 0 aliphatic rings. The zero-order chi connectivity index (χ0) is 13.9. The van der Waals surface area contributed by atoms with Crippen molar-refractivity contribution in [2.24, 2.45) is 0 Å². The summed E-state index contributed by atoms with van der Waals surface area (Å²) in [6.07, 6.45) is 0. The van der Waals surface area contributed by atoms with Gasteiger partial charge in [0.05, 0.1) is 6.61 Å². The molecule has 1 rings (SSSR count). The molecule has 0 radical (unpaired) electrons. The highest BCUT2D eigenvalue weighted by molar-refractivity contribution is 6.37. The number of esters is 1. The molecule has 0 aliphatic heterocycles. The first-order chi connectivity index (χ1) is 8.38. The highest BCUT2D eigenvalue weighted by Crippen LogP contribution is 2.26. The van der Waals surface area contributed by atoms with E-state index in [-0.39, 0.29) is 6.61 Å². The Morgan fingerprint density at radius 1 is 1.11 bits per heavy atom. The molecule has 0 aromatic heterocycles. The molecule has 0 unspecified atom stereocenters. The van der Waals surface area contributed by atoms with Gasteiger partial charge < -0.3 is 10.1 Å². The van der Waals surface area contributed by atoms with Crippen LogP contribution in [0.25, 0.3) is 0 Å². The van der Waals surface area contributed by atoms with E-state index in [9.17, 15) is 9.59 Å². The number of aryl methyl sites for hydroxylation is 2. The normalized spacial score (nSPS) is 10.1. The second-order valence-corrected chi connectivity index (χ2v) is 4.31.